The van der Waals surface area contributed by atoms with Crippen LogP contribution in [0.1, 0.15) is 17.9 Å². The summed E-state index contributed by atoms with van der Waals surface area (Å²) in [6.07, 6.45) is 0.254. The van der Waals surface area contributed by atoms with Gasteiger partial charge in [0.15, 0.2) is 0 Å². The summed E-state index contributed by atoms with van der Waals surface area (Å²) in [5.74, 6) is 0.338. The molecule has 1 aliphatic rings. The number of carboxylic acids is 1. The Kier molecular flexibility index (Phi) is 3.70. The third-order valence-electron chi connectivity index (χ3n) is 3.41. The Labute approximate surface area is 120 Å². The topological polar surface area (TPSA) is 102 Å². The van der Waals surface area contributed by atoms with Crippen molar-refractivity contribution >= 4 is 22.9 Å². The molecule has 3 heterocycles. The zero-order valence-electron chi connectivity index (χ0n) is 11.7. The molecule has 0 aliphatic carbocycles. The average Bonchev–Trinajstić information content (AvgIpc) is 2.87. The zero-order chi connectivity index (χ0) is 14.8. The number of aliphatic carboxylic acids is 1. The average molecular weight is 292 g/mol. The SMILES string of the molecule is Cc1noc2nc(CCC(=O)O)nc(N3CCOCC3)c12. The summed E-state index contributed by atoms with van der Waals surface area (Å²) in [4.78, 5) is 21.6. The van der Waals surface area contributed by atoms with E-state index >= 15 is 0 Å². The molecule has 21 heavy (non-hydrogen) atoms. The summed E-state index contributed by atoms with van der Waals surface area (Å²) in [7, 11) is 0. The lowest BCUT2D eigenvalue weighted by molar-refractivity contribution is -0.137. The number of carboxylic acid groups (broad SMARTS) is 1. The number of hydrogen-bond acceptors (Lipinski definition) is 7. The lowest BCUT2D eigenvalue weighted by Gasteiger charge is -2.28. The van der Waals surface area contributed by atoms with Gasteiger partial charge in [-0.15, -0.1) is 0 Å². The highest BCUT2D eigenvalue weighted by Gasteiger charge is 2.21. The molecule has 0 radical (unpaired) electrons. The maximum Gasteiger partial charge on any atom is 0.303 e. The first-order valence-electron chi connectivity index (χ1n) is 6.82. The lowest BCUT2D eigenvalue weighted by atomic mass is 10.2. The van der Waals surface area contributed by atoms with Crippen LogP contribution in [0.5, 0.6) is 0 Å². The predicted octanol–water partition coefficient (Wildman–Crippen LogP) is 0.780. The standard InChI is InChI=1S/C13H16N4O4/c1-8-11-12(17-4-6-20-7-5-17)14-9(2-3-10(18)19)15-13(11)21-16-8/h2-7H2,1H3,(H,18,19). The van der Waals surface area contributed by atoms with Gasteiger partial charge in [0.25, 0.3) is 5.71 Å². The molecule has 0 spiro atoms. The van der Waals surface area contributed by atoms with E-state index in [-0.39, 0.29) is 12.8 Å². The largest absolute Gasteiger partial charge is 0.481 e. The molecule has 0 saturated carbocycles. The Morgan fingerprint density at radius 2 is 2.10 bits per heavy atom. The third-order valence-corrected chi connectivity index (χ3v) is 3.41. The number of rotatable bonds is 4. The van der Waals surface area contributed by atoms with E-state index in [1.165, 1.54) is 0 Å². The van der Waals surface area contributed by atoms with Gasteiger partial charge in [-0.25, -0.2) is 4.98 Å². The lowest BCUT2D eigenvalue weighted by Crippen LogP contribution is -2.37. The molecular weight excluding hydrogens is 276 g/mol. The summed E-state index contributed by atoms with van der Waals surface area (Å²) in [5.41, 5.74) is 1.14. The third kappa shape index (κ3) is 2.80. The van der Waals surface area contributed by atoms with Crippen molar-refractivity contribution in [2.24, 2.45) is 0 Å². The molecule has 2 aromatic rings. The van der Waals surface area contributed by atoms with Gasteiger partial charge in [0.2, 0.25) is 0 Å². The van der Waals surface area contributed by atoms with E-state index in [9.17, 15) is 4.79 Å². The molecule has 2 aromatic heterocycles. The van der Waals surface area contributed by atoms with Crippen molar-refractivity contribution in [2.75, 3.05) is 31.2 Å². The van der Waals surface area contributed by atoms with Gasteiger partial charge in [-0.05, 0) is 6.92 Å². The minimum atomic E-state index is -0.875. The molecule has 0 aromatic carbocycles. The van der Waals surface area contributed by atoms with E-state index in [0.29, 0.717) is 24.8 Å². The Hall–Kier alpha value is -2.22. The van der Waals surface area contributed by atoms with Crippen LogP contribution in [-0.2, 0) is 16.0 Å². The molecule has 8 heteroatoms. The van der Waals surface area contributed by atoms with E-state index in [2.05, 4.69) is 20.0 Å². The van der Waals surface area contributed by atoms with Crippen LogP contribution in [0.15, 0.2) is 4.52 Å². The highest BCUT2D eigenvalue weighted by Crippen LogP contribution is 2.27. The fraction of sp³-hybridized carbons (Fsp3) is 0.538. The van der Waals surface area contributed by atoms with Gasteiger partial charge in [0, 0.05) is 19.5 Å². The van der Waals surface area contributed by atoms with Crippen LogP contribution in [0.2, 0.25) is 0 Å². The molecule has 1 saturated heterocycles. The normalized spacial score (nSPS) is 15.6. The van der Waals surface area contributed by atoms with Crippen molar-refractivity contribution in [3.05, 3.63) is 11.5 Å². The summed E-state index contributed by atoms with van der Waals surface area (Å²) < 4.78 is 10.6. The Bertz CT molecular complexity index is 663. The first-order valence-corrected chi connectivity index (χ1v) is 6.82. The van der Waals surface area contributed by atoms with Crippen LogP contribution in [0.25, 0.3) is 11.1 Å². The van der Waals surface area contributed by atoms with E-state index < -0.39 is 5.97 Å². The second kappa shape index (κ2) is 5.65. The maximum absolute atomic E-state index is 10.7. The molecule has 3 rings (SSSR count). The molecular formula is C13H16N4O4. The summed E-state index contributed by atoms with van der Waals surface area (Å²) in [6.45, 7) is 4.58. The molecule has 1 N–H and O–H groups in total. The Morgan fingerprint density at radius 1 is 1.33 bits per heavy atom. The van der Waals surface area contributed by atoms with Crippen LogP contribution in [0.4, 0.5) is 5.82 Å². The second-order valence-corrected chi connectivity index (χ2v) is 4.90. The molecule has 0 unspecified atom stereocenters. The fourth-order valence-corrected chi connectivity index (χ4v) is 2.35. The van der Waals surface area contributed by atoms with Gasteiger partial charge in [-0.2, -0.15) is 4.98 Å². The maximum atomic E-state index is 10.7. The van der Waals surface area contributed by atoms with E-state index in [1.807, 2.05) is 6.92 Å². The smallest absolute Gasteiger partial charge is 0.303 e. The van der Waals surface area contributed by atoms with E-state index in [4.69, 9.17) is 14.4 Å². The zero-order valence-corrected chi connectivity index (χ0v) is 11.7. The van der Waals surface area contributed by atoms with Gasteiger partial charge in [-0.3, -0.25) is 4.79 Å². The molecule has 0 amide bonds. The number of ether oxygens (including phenoxy) is 1. The summed E-state index contributed by atoms with van der Waals surface area (Å²) in [6, 6.07) is 0. The van der Waals surface area contributed by atoms with Gasteiger partial charge in [0.05, 0.1) is 25.3 Å². The van der Waals surface area contributed by atoms with Crippen LogP contribution in [-0.4, -0.2) is 52.5 Å². The minimum absolute atomic E-state index is 0.0127. The number of aryl methyl sites for hydroxylation is 2. The second-order valence-electron chi connectivity index (χ2n) is 4.90. The number of morpholine rings is 1. The summed E-state index contributed by atoms with van der Waals surface area (Å²) in [5, 5.41) is 13.5. The molecule has 1 fully saturated rings. The van der Waals surface area contributed by atoms with Crippen molar-refractivity contribution in [3.63, 3.8) is 0 Å². The molecule has 8 nitrogen and oxygen atoms in total. The van der Waals surface area contributed by atoms with Crippen molar-refractivity contribution in [2.45, 2.75) is 19.8 Å². The fourth-order valence-electron chi connectivity index (χ4n) is 2.35. The van der Waals surface area contributed by atoms with Gasteiger partial charge in [0.1, 0.15) is 17.0 Å². The number of anilines is 1. The number of aromatic nitrogens is 3. The van der Waals surface area contributed by atoms with Gasteiger partial charge in [-0.1, -0.05) is 5.16 Å². The molecule has 112 valence electrons. The van der Waals surface area contributed by atoms with Crippen LogP contribution in [0.3, 0.4) is 0 Å². The number of hydrogen-bond donors (Lipinski definition) is 1. The summed E-state index contributed by atoms with van der Waals surface area (Å²) >= 11 is 0. The number of fused-ring (bicyclic) bond motifs is 1. The first-order chi connectivity index (χ1) is 10.1. The molecule has 0 atom stereocenters. The first kappa shape index (κ1) is 13.7. The predicted molar refractivity (Wildman–Crippen MR) is 73.3 cm³/mol. The van der Waals surface area contributed by atoms with Crippen molar-refractivity contribution in [3.8, 4) is 0 Å². The number of carbonyl (C=O) groups is 1. The highest BCUT2D eigenvalue weighted by atomic mass is 16.5. The van der Waals surface area contributed by atoms with Crippen LogP contribution < -0.4 is 4.90 Å². The van der Waals surface area contributed by atoms with Gasteiger partial charge < -0.3 is 19.3 Å². The van der Waals surface area contributed by atoms with Crippen LogP contribution >= 0.6 is 0 Å². The quantitative estimate of drug-likeness (QED) is 0.882. The Morgan fingerprint density at radius 3 is 2.81 bits per heavy atom. The number of nitrogens with zero attached hydrogens (tertiary/aromatic N) is 4. The Balaban J connectivity index is 2.01. The van der Waals surface area contributed by atoms with Crippen molar-refractivity contribution in [1.29, 1.82) is 0 Å². The van der Waals surface area contributed by atoms with E-state index in [1.54, 1.807) is 0 Å². The highest BCUT2D eigenvalue weighted by molar-refractivity contribution is 5.88. The molecule has 0 bridgehead atoms. The van der Waals surface area contributed by atoms with Crippen LogP contribution in [0, 0.1) is 6.92 Å². The van der Waals surface area contributed by atoms with Gasteiger partial charge >= 0.3 is 5.97 Å². The van der Waals surface area contributed by atoms with Crippen molar-refractivity contribution in [1.82, 2.24) is 15.1 Å². The molecule has 1 aliphatic heterocycles. The monoisotopic (exact) mass is 292 g/mol. The van der Waals surface area contributed by atoms with Crippen molar-refractivity contribution < 1.29 is 19.2 Å². The van der Waals surface area contributed by atoms with E-state index in [0.717, 1.165) is 30.0 Å². The minimum Gasteiger partial charge on any atom is -0.481 e.